The van der Waals surface area contributed by atoms with E-state index >= 15 is 0 Å². The van der Waals surface area contributed by atoms with E-state index in [4.69, 9.17) is 9.16 Å². The lowest BCUT2D eigenvalue weighted by Gasteiger charge is -2.38. The Hall–Kier alpha value is -0.843. The first-order valence-electron chi connectivity index (χ1n) is 8.22. The van der Waals surface area contributed by atoms with Crippen LogP contribution in [-0.2, 0) is 4.43 Å². The second-order valence-corrected chi connectivity index (χ2v) is 10.6. The van der Waals surface area contributed by atoms with E-state index in [2.05, 4.69) is 39.9 Å². The minimum atomic E-state index is -0.939. The molecule has 0 saturated carbocycles. The van der Waals surface area contributed by atoms with Crippen LogP contribution >= 0.6 is 0 Å². The van der Waals surface area contributed by atoms with Crippen molar-refractivity contribution < 1.29 is 14.3 Å². The third-order valence-electron chi connectivity index (χ3n) is 4.15. The molecule has 0 spiro atoms. The molecule has 23 heavy (non-hydrogen) atoms. The van der Waals surface area contributed by atoms with Gasteiger partial charge >= 0.3 is 0 Å². The van der Waals surface area contributed by atoms with Crippen LogP contribution in [0.3, 0.4) is 0 Å². The van der Waals surface area contributed by atoms with Crippen LogP contribution in [0.5, 0.6) is 5.75 Å². The lowest BCUT2D eigenvalue weighted by Crippen LogP contribution is -2.49. The van der Waals surface area contributed by atoms with Crippen molar-refractivity contribution in [2.45, 2.75) is 78.9 Å². The second kappa shape index (κ2) is 6.95. The SMILES string of the molecule is C[Si](C)OC(c1cccc(OC(C)(C)C(C)(C)O)c1)C(C)(C)C. The lowest BCUT2D eigenvalue weighted by atomic mass is 9.84. The van der Waals surface area contributed by atoms with Gasteiger partial charge in [-0.25, -0.2) is 0 Å². The third-order valence-corrected chi connectivity index (χ3v) is 4.85. The summed E-state index contributed by atoms with van der Waals surface area (Å²) < 4.78 is 12.3. The number of benzene rings is 1. The molecule has 0 heterocycles. The molecule has 0 aromatic heterocycles. The molecule has 1 rings (SSSR count). The predicted molar refractivity (Wildman–Crippen MR) is 98.2 cm³/mol. The molecule has 1 radical (unpaired) electrons. The van der Waals surface area contributed by atoms with E-state index in [1.54, 1.807) is 13.8 Å². The Morgan fingerprint density at radius 3 is 2.00 bits per heavy atom. The van der Waals surface area contributed by atoms with Crippen molar-refractivity contribution in [1.82, 2.24) is 0 Å². The van der Waals surface area contributed by atoms with Crippen molar-refractivity contribution in [3.05, 3.63) is 29.8 Å². The molecular weight excluding hydrogens is 304 g/mol. The van der Waals surface area contributed by atoms with E-state index in [0.29, 0.717) is 0 Å². The van der Waals surface area contributed by atoms with Gasteiger partial charge in [-0.15, -0.1) is 0 Å². The van der Waals surface area contributed by atoms with Crippen molar-refractivity contribution >= 4 is 9.04 Å². The zero-order chi connectivity index (χ0) is 18.1. The van der Waals surface area contributed by atoms with Crippen LogP contribution in [0.2, 0.25) is 13.1 Å². The summed E-state index contributed by atoms with van der Waals surface area (Å²) in [4.78, 5) is 0. The van der Waals surface area contributed by atoms with Crippen LogP contribution in [0.4, 0.5) is 0 Å². The Bertz CT molecular complexity index is 510. The fourth-order valence-electron chi connectivity index (χ4n) is 2.14. The van der Waals surface area contributed by atoms with Crippen LogP contribution in [0.15, 0.2) is 24.3 Å². The van der Waals surface area contributed by atoms with E-state index in [9.17, 15) is 5.11 Å². The predicted octanol–water partition coefficient (Wildman–Crippen LogP) is 4.97. The lowest BCUT2D eigenvalue weighted by molar-refractivity contribution is -0.0907. The molecule has 131 valence electrons. The first kappa shape index (κ1) is 20.2. The summed E-state index contributed by atoms with van der Waals surface area (Å²) in [6, 6.07) is 8.05. The average molecular weight is 338 g/mol. The Labute approximate surface area is 143 Å². The summed E-state index contributed by atoms with van der Waals surface area (Å²) in [6.45, 7) is 18.2. The highest BCUT2D eigenvalue weighted by Crippen LogP contribution is 2.38. The van der Waals surface area contributed by atoms with Crippen LogP contribution in [0.1, 0.15) is 60.1 Å². The molecule has 3 nitrogen and oxygen atoms in total. The van der Waals surface area contributed by atoms with Gasteiger partial charge in [-0.05, 0) is 63.9 Å². The summed E-state index contributed by atoms with van der Waals surface area (Å²) in [6.07, 6.45) is 0.0280. The van der Waals surface area contributed by atoms with E-state index < -0.39 is 20.2 Å². The molecule has 0 bridgehead atoms. The van der Waals surface area contributed by atoms with Gasteiger partial charge in [0.15, 0.2) is 0 Å². The zero-order valence-electron chi connectivity index (χ0n) is 16.2. The molecule has 0 amide bonds. The fourth-order valence-corrected chi connectivity index (χ4v) is 3.10. The summed E-state index contributed by atoms with van der Waals surface area (Å²) in [7, 11) is -0.814. The monoisotopic (exact) mass is 337 g/mol. The molecule has 0 aliphatic carbocycles. The molecule has 0 aliphatic rings. The van der Waals surface area contributed by atoms with Gasteiger partial charge < -0.3 is 14.3 Å². The largest absolute Gasteiger partial charge is 0.485 e. The van der Waals surface area contributed by atoms with E-state index in [1.807, 2.05) is 32.0 Å². The van der Waals surface area contributed by atoms with Crippen LogP contribution < -0.4 is 4.74 Å². The van der Waals surface area contributed by atoms with Crippen molar-refractivity contribution in [2.75, 3.05) is 0 Å². The summed E-state index contributed by atoms with van der Waals surface area (Å²) >= 11 is 0. The molecule has 1 unspecified atom stereocenters. The highest BCUT2D eigenvalue weighted by molar-refractivity contribution is 6.48. The molecule has 0 saturated heterocycles. The van der Waals surface area contributed by atoms with Gasteiger partial charge in [-0.2, -0.15) is 0 Å². The van der Waals surface area contributed by atoms with Crippen molar-refractivity contribution in [3.63, 3.8) is 0 Å². The number of hydrogen-bond donors (Lipinski definition) is 1. The van der Waals surface area contributed by atoms with Gasteiger partial charge in [0.1, 0.15) is 11.4 Å². The van der Waals surface area contributed by atoms with Gasteiger partial charge in [0, 0.05) is 0 Å². The molecule has 1 atom stereocenters. The number of ether oxygens (including phenoxy) is 1. The van der Waals surface area contributed by atoms with Crippen LogP contribution in [0.25, 0.3) is 0 Å². The third kappa shape index (κ3) is 5.62. The molecule has 4 heteroatoms. The molecule has 0 aliphatic heterocycles. The van der Waals surface area contributed by atoms with Gasteiger partial charge in [-0.3, -0.25) is 0 Å². The number of aliphatic hydroxyl groups is 1. The normalized spacial score (nSPS) is 14.9. The van der Waals surface area contributed by atoms with E-state index in [0.717, 1.165) is 11.3 Å². The summed E-state index contributed by atoms with van der Waals surface area (Å²) in [5, 5.41) is 10.3. The van der Waals surface area contributed by atoms with Gasteiger partial charge in [-0.1, -0.05) is 32.9 Å². The van der Waals surface area contributed by atoms with Crippen LogP contribution in [0, 0.1) is 5.41 Å². The number of hydrogen-bond acceptors (Lipinski definition) is 3. The topological polar surface area (TPSA) is 38.7 Å². The minimum absolute atomic E-state index is 0.00628. The molecule has 1 aromatic rings. The Morgan fingerprint density at radius 2 is 1.57 bits per heavy atom. The molecule has 1 N–H and O–H groups in total. The quantitative estimate of drug-likeness (QED) is 0.745. The maximum absolute atomic E-state index is 10.3. The minimum Gasteiger partial charge on any atom is -0.485 e. The zero-order valence-corrected chi connectivity index (χ0v) is 17.2. The Kier molecular flexibility index (Phi) is 6.11. The highest BCUT2D eigenvalue weighted by Gasteiger charge is 2.37. The van der Waals surface area contributed by atoms with Crippen molar-refractivity contribution in [3.8, 4) is 5.75 Å². The van der Waals surface area contributed by atoms with Crippen LogP contribution in [-0.4, -0.2) is 25.3 Å². The van der Waals surface area contributed by atoms with Gasteiger partial charge in [0.05, 0.1) is 11.7 Å². The fraction of sp³-hybridized carbons (Fsp3) is 0.684. The first-order chi connectivity index (χ1) is 10.2. The molecule has 0 fully saturated rings. The molecular formula is C19H33O3Si. The summed E-state index contributed by atoms with van der Waals surface area (Å²) in [5.41, 5.74) is -0.500. The average Bonchev–Trinajstić information content (AvgIpc) is 2.32. The van der Waals surface area contributed by atoms with Crippen molar-refractivity contribution in [2.24, 2.45) is 5.41 Å². The maximum atomic E-state index is 10.3. The standard InChI is InChI=1S/C19H33O3Si/c1-17(2,3)16(22-23(8)9)14-11-10-12-15(13-14)21-19(6,7)18(4,5)20/h10-13,16,20H,1-9H3. The Morgan fingerprint density at radius 1 is 1.00 bits per heavy atom. The van der Waals surface area contributed by atoms with Crippen molar-refractivity contribution in [1.29, 1.82) is 0 Å². The summed E-state index contributed by atoms with van der Waals surface area (Å²) in [5.74, 6) is 0.758. The van der Waals surface area contributed by atoms with E-state index in [1.165, 1.54) is 0 Å². The first-order valence-corrected chi connectivity index (χ1v) is 10.6. The van der Waals surface area contributed by atoms with Gasteiger partial charge in [0.25, 0.3) is 0 Å². The van der Waals surface area contributed by atoms with Gasteiger partial charge in [0.2, 0.25) is 9.04 Å². The highest BCUT2D eigenvalue weighted by atomic mass is 28.3. The number of rotatable bonds is 6. The smallest absolute Gasteiger partial charge is 0.205 e. The maximum Gasteiger partial charge on any atom is 0.205 e. The molecule has 1 aromatic carbocycles. The Balaban J connectivity index is 3.12. The van der Waals surface area contributed by atoms with E-state index in [-0.39, 0.29) is 11.5 Å². The second-order valence-electron chi connectivity index (χ2n) is 8.52.